The summed E-state index contributed by atoms with van der Waals surface area (Å²) in [6, 6.07) is 0. The van der Waals surface area contributed by atoms with Crippen LogP contribution >= 0.6 is 0 Å². The third-order valence-electron chi connectivity index (χ3n) is 2.06. The summed E-state index contributed by atoms with van der Waals surface area (Å²) in [6.07, 6.45) is 5.30. The molecular weight excluding hydrogens is 210 g/mol. The SMILES string of the molecule is CON=C[C@@H](OC)[C@H](C)C=CCC(=O)OC. The van der Waals surface area contributed by atoms with Crippen LogP contribution in [0.25, 0.3) is 0 Å². The monoisotopic (exact) mass is 229 g/mol. The molecule has 0 radical (unpaired) electrons. The van der Waals surface area contributed by atoms with E-state index in [-0.39, 0.29) is 24.4 Å². The maximum Gasteiger partial charge on any atom is 0.309 e. The molecule has 16 heavy (non-hydrogen) atoms. The van der Waals surface area contributed by atoms with Crippen molar-refractivity contribution >= 4 is 12.2 Å². The molecule has 2 atom stereocenters. The summed E-state index contributed by atoms with van der Waals surface area (Å²) in [5.74, 6) is -0.156. The largest absolute Gasteiger partial charge is 0.469 e. The van der Waals surface area contributed by atoms with E-state index in [1.807, 2.05) is 13.0 Å². The van der Waals surface area contributed by atoms with E-state index >= 15 is 0 Å². The highest BCUT2D eigenvalue weighted by Gasteiger charge is 2.11. The molecule has 0 rings (SSSR count). The number of methoxy groups -OCH3 is 2. The maximum absolute atomic E-state index is 10.9. The van der Waals surface area contributed by atoms with Gasteiger partial charge in [-0.1, -0.05) is 24.2 Å². The highest BCUT2D eigenvalue weighted by molar-refractivity contribution is 5.71. The van der Waals surface area contributed by atoms with Crippen LogP contribution in [-0.2, 0) is 19.1 Å². The van der Waals surface area contributed by atoms with Crippen molar-refractivity contribution in [3.05, 3.63) is 12.2 Å². The van der Waals surface area contributed by atoms with E-state index in [1.54, 1.807) is 19.4 Å². The molecule has 0 bridgehead atoms. The van der Waals surface area contributed by atoms with Gasteiger partial charge in [0.25, 0.3) is 0 Å². The van der Waals surface area contributed by atoms with Gasteiger partial charge in [-0.15, -0.1) is 0 Å². The zero-order valence-electron chi connectivity index (χ0n) is 10.2. The number of esters is 1. The van der Waals surface area contributed by atoms with Gasteiger partial charge in [-0.3, -0.25) is 4.79 Å². The van der Waals surface area contributed by atoms with E-state index in [0.29, 0.717) is 0 Å². The Morgan fingerprint density at radius 1 is 1.38 bits per heavy atom. The summed E-state index contributed by atoms with van der Waals surface area (Å²) in [6.45, 7) is 1.96. The van der Waals surface area contributed by atoms with Crippen LogP contribution in [0, 0.1) is 5.92 Å². The fourth-order valence-corrected chi connectivity index (χ4v) is 1.10. The Kier molecular flexibility index (Phi) is 8.15. The molecule has 0 aromatic rings. The molecule has 0 spiro atoms. The average molecular weight is 229 g/mol. The Bertz CT molecular complexity index is 250. The van der Waals surface area contributed by atoms with Crippen molar-refractivity contribution in [2.45, 2.75) is 19.4 Å². The molecule has 0 aliphatic heterocycles. The van der Waals surface area contributed by atoms with Gasteiger partial charge in [0.2, 0.25) is 0 Å². The molecule has 0 aromatic heterocycles. The predicted molar refractivity (Wildman–Crippen MR) is 61.2 cm³/mol. The van der Waals surface area contributed by atoms with Crippen molar-refractivity contribution in [3.63, 3.8) is 0 Å². The minimum absolute atomic E-state index is 0.105. The van der Waals surface area contributed by atoms with Gasteiger partial charge in [-0.25, -0.2) is 0 Å². The normalized spacial score (nSPS) is 15.2. The average Bonchev–Trinajstić information content (AvgIpc) is 2.29. The van der Waals surface area contributed by atoms with E-state index in [1.165, 1.54) is 14.2 Å². The number of rotatable bonds is 7. The summed E-state index contributed by atoms with van der Waals surface area (Å²) in [5.41, 5.74) is 0. The summed E-state index contributed by atoms with van der Waals surface area (Å²) in [7, 11) is 4.43. The van der Waals surface area contributed by atoms with Crippen molar-refractivity contribution in [3.8, 4) is 0 Å². The molecule has 0 heterocycles. The third-order valence-corrected chi connectivity index (χ3v) is 2.06. The van der Waals surface area contributed by atoms with Crippen LogP contribution in [0.15, 0.2) is 17.3 Å². The standard InChI is InChI=1S/C11H19NO4/c1-9(6-5-7-11(13)15-3)10(14-2)8-12-16-4/h5-6,8-10H,7H2,1-4H3/t9-,10-/m1/s1. The highest BCUT2D eigenvalue weighted by Crippen LogP contribution is 2.07. The number of hydrogen-bond acceptors (Lipinski definition) is 5. The molecule has 5 nitrogen and oxygen atoms in total. The van der Waals surface area contributed by atoms with E-state index in [9.17, 15) is 4.79 Å². The van der Waals surface area contributed by atoms with Crippen molar-refractivity contribution in [2.24, 2.45) is 11.1 Å². The van der Waals surface area contributed by atoms with Crippen LogP contribution in [0.1, 0.15) is 13.3 Å². The molecule has 0 aliphatic rings. The first kappa shape index (κ1) is 14.6. The molecule has 5 heteroatoms. The molecule has 0 aliphatic carbocycles. The van der Waals surface area contributed by atoms with Crippen molar-refractivity contribution in [2.75, 3.05) is 21.3 Å². The van der Waals surface area contributed by atoms with Gasteiger partial charge in [0.05, 0.1) is 19.7 Å². The first-order valence-corrected chi connectivity index (χ1v) is 4.98. The Morgan fingerprint density at radius 2 is 2.06 bits per heavy atom. The Labute approximate surface area is 96.1 Å². The zero-order valence-corrected chi connectivity index (χ0v) is 10.2. The van der Waals surface area contributed by atoms with Crippen molar-refractivity contribution in [1.29, 1.82) is 0 Å². The molecule has 0 fully saturated rings. The topological polar surface area (TPSA) is 57.1 Å². The highest BCUT2D eigenvalue weighted by atomic mass is 16.6. The van der Waals surface area contributed by atoms with Crippen LogP contribution in [0.3, 0.4) is 0 Å². The first-order chi connectivity index (χ1) is 7.65. The van der Waals surface area contributed by atoms with Crippen LogP contribution in [0.2, 0.25) is 0 Å². The lowest BCUT2D eigenvalue weighted by molar-refractivity contribution is -0.139. The summed E-state index contributed by atoms with van der Waals surface area (Å²) in [5, 5.41) is 3.65. The van der Waals surface area contributed by atoms with Gasteiger partial charge in [-0.05, 0) is 0 Å². The second-order valence-electron chi connectivity index (χ2n) is 3.20. The number of ether oxygens (including phenoxy) is 2. The molecule has 0 saturated heterocycles. The molecule has 0 N–H and O–H groups in total. The molecule has 0 saturated carbocycles. The van der Waals surface area contributed by atoms with Crippen LogP contribution in [0.5, 0.6) is 0 Å². The lowest BCUT2D eigenvalue weighted by atomic mass is 10.0. The van der Waals surface area contributed by atoms with Crippen molar-refractivity contribution < 1.29 is 19.1 Å². The van der Waals surface area contributed by atoms with Gasteiger partial charge < -0.3 is 14.3 Å². The predicted octanol–water partition coefficient (Wildman–Crippen LogP) is 1.39. The summed E-state index contributed by atoms with van der Waals surface area (Å²) >= 11 is 0. The van der Waals surface area contributed by atoms with Crippen LogP contribution in [-0.4, -0.2) is 39.6 Å². The Hall–Kier alpha value is -1.36. The quantitative estimate of drug-likeness (QED) is 0.286. The molecule has 0 amide bonds. The third kappa shape index (κ3) is 6.19. The first-order valence-electron chi connectivity index (χ1n) is 4.98. The molecule has 0 aromatic carbocycles. The smallest absolute Gasteiger partial charge is 0.309 e. The molecular formula is C11H19NO4. The van der Waals surface area contributed by atoms with E-state index in [2.05, 4.69) is 14.7 Å². The number of oxime groups is 1. The molecule has 0 unspecified atom stereocenters. The maximum atomic E-state index is 10.9. The fourth-order valence-electron chi connectivity index (χ4n) is 1.10. The van der Waals surface area contributed by atoms with Gasteiger partial charge in [0.1, 0.15) is 13.2 Å². The molecule has 92 valence electrons. The number of hydrogen-bond donors (Lipinski definition) is 0. The van der Waals surface area contributed by atoms with Crippen molar-refractivity contribution in [1.82, 2.24) is 0 Å². The lowest BCUT2D eigenvalue weighted by Crippen LogP contribution is -2.20. The van der Waals surface area contributed by atoms with E-state index in [0.717, 1.165) is 0 Å². The number of carbonyl (C=O) groups excluding carboxylic acids is 1. The summed E-state index contributed by atoms with van der Waals surface area (Å²) < 4.78 is 9.72. The van der Waals surface area contributed by atoms with Crippen LogP contribution < -0.4 is 0 Å². The summed E-state index contributed by atoms with van der Waals surface area (Å²) in [4.78, 5) is 15.4. The second kappa shape index (κ2) is 8.91. The second-order valence-corrected chi connectivity index (χ2v) is 3.20. The number of nitrogens with zero attached hydrogens (tertiary/aromatic N) is 1. The van der Waals surface area contributed by atoms with Gasteiger partial charge >= 0.3 is 5.97 Å². The van der Waals surface area contributed by atoms with Gasteiger partial charge in [-0.2, -0.15) is 0 Å². The minimum atomic E-state index is -0.261. The van der Waals surface area contributed by atoms with E-state index < -0.39 is 0 Å². The van der Waals surface area contributed by atoms with Gasteiger partial charge in [0.15, 0.2) is 0 Å². The Balaban J connectivity index is 4.14. The Morgan fingerprint density at radius 3 is 2.56 bits per heavy atom. The van der Waals surface area contributed by atoms with E-state index in [4.69, 9.17) is 4.74 Å². The van der Waals surface area contributed by atoms with Gasteiger partial charge in [0, 0.05) is 13.0 Å². The van der Waals surface area contributed by atoms with Crippen LogP contribution in [0.4, 0.5) is 0 Å². The lowest BCUT2D eigenvalue weighted by Gasteiger charge is -2.14. The minimum Gasteiger partial charge on any atom is -0.469 e. The fraction of sp³-hybridized carbons (Fsp3) is 0.636. The zero-order chi connectivity index (χ0) is 12.4. The number of carbonyl (C=O) groups is 1.